The highest BCUT2D eigenvalue weighted by Gasteiger charge is 2.25. The molecule has 0 aliphatic carbocycles. The van der Waals surface area contributed by atoms with E-state index in [2.05, 4.69) is 0 Å². The molecule has 0 unspecified atom stereocenters. The summed E-state index contributed by atoms with van der Waals surface area (Å²) in [7, 11) is 1.49. The van der Waals surface area contributed by atoms with Gasteiger partial charge in [-0.05, 0) is 24.6 Å². The molecular weight excluding hydrogens is 349 g/mol. The summed E-state index contributed by atoms with van der Waals surface area (Å²) < 4.78 is 20.8. The van der Waals surface area contributed by atoms with Gasteiger partial charge >= 0.3 is 5.97 Å². The molecule has 0 spiro atoms. The number of aliphatic carboxylic acids is 1. The maximum absolute atomic E-state index is 14.4. The Labute approximate surface area is 145 Å². The minimum absolute atomic E-state index is 0.0598. The van der Waals surface area contributed by atoms with Crippen molar-refractivity contribution in [2.24, 2.45) is 0 Å². The molecule has 2 aromatic heterocycles. The van der Waals surface area contributed by atoms with Gasteiger partial charge in [0.2, 0.25) is 0 Å². The Morgan fingerprint density at radius 3 is 2.68 bits per heavy atom. The number of hydrogen-bond donors (Lipinski definition) is 2. The number of carbonyl (C=O) groups is 2. The van der Waals surface area contributed by atoms with Crippen LogP contribution in [0.1, 0.15) is 21.6 Å². The Bertz CT molecular complexity index is 1000. The van der Waals surface area contributed by atoms with Crippen LogP contribution in [0.3, 0.4) is 0 Å². The van der Waals surface area contributed by atoms with Crippen LogP contribution in [0.4, 0.5) is 4.39 Å². The quantitative estimate of drug-likeness (QED) is 0.743. The average molecular weight is 363 g/mol. The average Bonchev–Trinajstić information content (AvgIpc) is 3.14. The summed E-state index contributed by atoms with van der Waals surface area (Å²) in [6.07, 6.45) is -0.462. The maximum atomic E-state index is 14.4. The van der Waals surface area contributed by atoms with Gasteiger partial charge in [0.1, 0.15) is 0 Å². The van der Waals surface area contributed by atoms with Crippen LogP contribution in [0.2, 0.25) is 0 Å². The van der Waals surface area contributed by atoms with E-state index in [0.717, 1.165) is 6.07 Å². The van der Waals surface area contributed by atoms with E-state index in [-0.39, 0.29) is 16.5 Å². The fraction of sp³-hybridized carbons (Fsp3) is 0.176. The van der Waals surface area contributed by atoms with Gasteiger partial charge in [-0.1, -0.05) is 0 Å². The fourth-order valence-electron chi connectivity index (χ4n) is 2.82. The molecule has 0 aliphatic rings. The highest BCUT2D eigenvalue weighted by atomic mass is 32.1. The Kier molecular flexibility index (Phi) is 4.22. The zero-order valence-electron chi connectivity index (χ0n) is 13.4. The second kappa shape index (κ2) is 6.21. The smallest absolute Gasteiger partial charge is 0.307 e. The van der Waals surface area contributed by atoms with E-state index in [1.165, 1.54) is 29.1 Å². The SMILES string of the molecule is COc1cc(C(=O)n2c(C)c(CC(=O)O)c3c(F)c(O)ccc32)cs1. The number of carboxylic acids is 1. The molecule has 0 bridgehead atoms. The predicted octanol–water partition coefficient (Wildman–Crippen LogP) is 3.18. The third kappa shape index (κ3) is 2.74. The van der Waals surface area contributed by atoms with Crippen LogP contribution in [-0.2, 0) is 11.2 Å². The molecule has 130 valence electrons. The second-order valence-electron chi connectivity index (χ2n) is 5.43. The van der Waals surface area contributed by atoms with E-state index in [1.54, 1.807) is 18.4 Å². The number of thiophene rings is 1. The topological polar surface area (TPSA) is 88.8 Å². The van der Waals surface area contributed by atoms with Crippen LogP contribution in [0, 0.1) is 12.7 Å². The van der Waals surface area contributed by atoms with Gasteiger partial charge < -0.3 is 14.9 Å². The van der Waals surface area contributed by atoms with Crippen LogP contribution >= 0.6 is 11.3 Å². The van der Waals surface area contributed by atoms with Crippen LogP contribution in [-0.4, -0.2) is 33.8 Å². The predicted molar refractivity (Wildman–Crippen MR) is 90.2 cm³/mol. The number of benzene rings is 1. The fourth-order valence-corrected chi connectivity index (χ4v) is 3.52. The van der Waals surface area contributed by atoms with E-state index < -0.39 is 29.9 Å². The molecule has 3 aromatic rings. The number of carboxylic acid groups (broad SMARTS) is 1. The van der Waals surface area contributed by atoms with E-state index in [4.69, 9.17) is 9.84 Å². The highest BCUT2D eigenvalue weighted by molar-refractivity contribution is 7.12. The number of ether oxygens (including phenoxy) is 1. The van der Waals surface area contributed by atoms with Crippen molar-refractivity contribution in [3.05, 3.63) is 46.2 Å². The summed E-state index contributed by atoms with van der Waals surface area (Å²) in [5.41, 5.74) is 1.03. The van der Waals surface area contributed by atoms with Gasteiger partial charge in [-0.3, -0.25) is 14.2 Å². The lowest BCUT2D eigenvalue weighted by atomic mass is 10.1. The van der Waals surface area contributed by atoms with E-state index in [1.807, 2.05) is 0 Å². The molecule has 0 atom stereocenters. The molecule has 0 fully saturated rings. The standard InChI is InChI=1S/C17H14FNO5S/c1-8-10(6-13(21)22)15-11(3-4-12(20)16(15)18)19(8)17(23)9-5-14(24-2)25-7-9/h3-5,7,20H,6H2,1-2H3,(H,21,22). The lowest BCUT2D eigenvalue weighted by molar-refractivity contribution is -0.136. The van der Waals surface area contributed by atoms with Gasteiger partial charge in [-0.2, -0.15) is 0 Å². The third-order valence-corrected chi connectivity index (χ3v) is 4.86. The lowest BCUT2D eigenvalue weighted by Crippen LogP contribution is -2.13. The van der Waals surface area contributed by atoms with Crippen molar-refractivity contribution >= 4 is 34.1 Å². The summed E-state index contributed by atoms with van der Waals surface area (Å²) in [6, 6.07) is 4.10. The number of phenolic OH excluding ortho intramolecular Hbond substituents is 1. The first-order valence-electron chi connectivity index (χ1n) is 7.25. The van der Waals surface area contributed by atoms with E-state index in [0.29, 0.717) is 16.3 Å². The molecule has 0 amide bonds. The van der Waals surface area contributed by atoms with Gasteiger partial charge in [0, 0.05) is 22.5 Å². The molecule has 0 aliphatic heterocycles. The van der Waals surface area contributed by atoms with E-state index in [9.17, 15) is 19.1 Å². The molecule has 25 heavy (non-hydrogen) atoms. The number of phenols is 1. The molecule has 0 saturated heterocycles. The second-order valence-corrected chi connectivity index (χ2v) is 6.30. The zero-order chi connectivity index (χ0) is 18.3. The van der Waals surface area contributed by atoms with Crippen molar-refractivity contribution in [3.8, 4) is 10.8 Å². The number of aromatic hydroxyl groups is 1. The number of rotatable bonds is 4. The maximum Gasteiger partial charge on any atom is 0.307 e. The minimum Gasteiger partial charge on any atom is -0.505 e. The first kappa shape index (κ1) is 17.0. The van der Waals surface area contributed by atoms with Crippen LogP contribution in [0.25, 0.3) is 10.9 Å². The Morgan fingerprint density at radius 1 is 1.36 bits per heavy atom. The molecule has 2 heterocycles. The van der Waals surface area contributed by atoms with Crippen molar-refractivity contribution < 1.29 is 28.9 Å². The van der Waals surface area contributed by atoms with Gasteiger partial charge in [0.15, 0.2) is 16.6 Å². The minimum atomic E-state index is -1.16. The molecule has 0 saturated carbocycles. The Hall–Kier alpha value is -2.87. The zero-order valence-corrected chi connectivity index (χ0v) is 14.2. The number of fused-ring (bicyclic) bond motifs is 1. The van der Waals surface area contributed by atoms with Crippen molar-refractivity contribution in [2.45, 2.75) is 13.3 Å². The molecule has 3 rings (SSSR count). The van der Waals surface area contributed by atoms with Crippen molar-refractivity contribution in [1.82, 2.24) is 4.57 Å². The summed E-state index contributed by atoms with van der Waals surface area (Å²) in [6.45, 7) is 1.55. The van der Waals surface area contributed by atoms with Gasteiger partial charge in [-0.15, -0.1) is 11.3 Å². The van der Waals surface area contributed by atoms with Gasteiger partial charge in [0.25, 0.3) is 5.91 Å². The Morgan fingerprint density at radius 2 is 2.08 bits per heavy atom. The number of carbonyl (C=O) groups excluding carboxylic acids is 1. The Balaban J connectivity index is 2.28. The molecule has 0 radical (unpaired) electrons. The van der Waals surface area contributed by atoms with Gasteiger partial charge in [-0.25, -0.2) is 4.39 Å². The molecule has 8 heteroatoms. The van der Waals surface area contributed by atoms with Crippen molar-refractivity contribution in [1.29, 1.82) is 0 Å². The van der Waals surface area contributed by atoms with Crippen LogP contribution in [0.5, 0.6) is 10.8 Å². The first-order valence-corrected chi connectivity index (χ1v) is 8.13. The number of nitrogens with zero attached hydrogens (tertiary/aromatic N) is 1. The third-order valence-electron chi connectivity index (χ3n) is 3.97. The normalized spacial score (nSPS) is 11.0. The summed E-state index contributed by atoms with van der Waals surface area (Å²) in [4.78, 5) is 24.0. The van der Waals surface area contributed by atoms with Crippen LogP contribution in [0.15, 0.2) is 23.6 Å². The van der Waals surface area contributed by atoms with Crippen molar-refractivity contribution in [3.63, 3.8) is 0 Å². The first-order chi connectivity index (χ1) is 11.8. The molecule has 6 nitrogen and oxygen atoms in total. The number of methoxy groups -OCH3 is 1. The van der Waals surface area contributed by atoms with Gasteiger partial charge in [0.05, 0.1) is 24.6 Å². The van der Waals surface area contributed by atoms with Crippen LogP contribution < -0.4 is 4.74 Å². The summed E-state index contributed by atoms with van der Waals surface area (Å²) in [5, 5.41) is 20.9. The number of halogens is 1. The molecule has 1 aromatic carbocycles. The summed E-state index contributed by atoms with van der Waals surface area (Å²) in [5.74, 6) is -3.12. The highest BCUT2D eigenvalue weighted by Crippen LogP contribution is 2.34. The number of hydrogen-bond acceptors (Lipinski definition) is 5. The lowest BCUT2D eigenvalue weighted by Gasteiger charge is -2.06. The molecular formula is C17H14FNO5S. The number of aromatic nitrogens is 1. The monoisotopic (exact) mass is 363 g/mol. The molecule has 2 N–H and O–H groups in total. The van der Waals surface area contributed by atoms with Crippen molar-refractivity contribution in [2.75, 3.05) is 7.11 Å². The largest absolute Gasteiger partial charge is 0.505 e. The van der Waals surface area contributed by atoms with E-state index >= 15 is 0 Å². The summed E-state index contributed by atoms with van der Waals surface area (Å²) >= 11 is 1.24.